The van der Waals surface area contributed by atoms with E-state index in [2.05, 4.69) is 10.2 Å². The van der Waals surface area contributed by atoms with Crippen molar-refractivity contribution in [1.82, 2.24) is 14.8 Å². The molecule has 0 unspecified atom stereocenters. The highest BCUT2D eigenvalue weighted by Gasteiger charge is 2.23. The molecule has 0 fully saturated rings. The number of ether oxygens (including phenoxy) is 1. The van der Waals surface area contributed by atoms with Crippen molar-refractivity contribution in [3.8, 4) is 0 Å². The second-order valence-corrected chi connectivity index (χ2v) is 6.04. The first-order valence-electron chi connectivity index (χ1n) is 4.74. The number of hydrogen-bond donors (Lipinski definition) is 0. The van der Waals surface area contributed by atoms with Crippen LogP contribution in [0.1, 0.15) is 25.6 Å². The number of aromatic nitrogens is 3. The molecule has 0 spiro atoms. The maximum atomic E-state index is 11.3. The van der Waals surface area contributed by atoms with Crippen molar-refractivity contribution >= 4 is 19.7 Å². The molecule has 1 aromatic heterocycles. The fourth-order valence-electron chi connectivity index (χ4n) is 1.30. The van der Waals surface area contributed by atoms with E-state index in [0.29, 0.717) is 19.0 Å². The second kappa shape index (κ2) is 5.11. The van der Waals surface area contributed by atoms with E-state index in [4.69, 9.17) is 15.4 Å². The summed E-state index contributed by atoms with van der Waals surface area (Å²) in [4.78, 5) is 0. The van der Waals surface area contributed by atoms with Crippen LogP contribution in [-0.4, -0.2) is 36.9 Å². The van der Waals surface area contributed by atoms with Gasteiger partial charge in [0.2, 0.25) is 0 Å². The van der Waals surface area contributed by atoms with Gasteiger partial charge in [0.05, 0.1) is 6.61 Å². The van der Waals surface area contributed by atoms with Crippen LogP contribution in [0, 0.1) is 0 Å². The molecule has 0 saturated heterocycles. The predicted molar refractivity (Wildman–Crippen MR) is 59.0 cm³/mol. The van der Waals surface area contributed by atoms with E-state index in [9.17, 15) is 8.42 Å². The monoisotopic (exact) mass is 267 g/mol. The van der Waals surface area contributed by atoms with Crippen LogP contribution in [0.4, 0.5) is 0 Å². The molecule has 0 aromatic carbocycles. The molecule has 1 rings (SSSR count). The molecule has 1 heterocycles. The quantitative estimate of drug-likeness (QED) is 0.744. The van der Waals surface area contributed by atoms with Crippen LogP contribution in [0.5, 0.6) is 0 Å². The second-order valence-electron chi connectivity index (χ2n) is 3.58. The summed E-state index contributed by atoms with van der Waals surface area (Å²) in [6.45, 7) is 4.53. The molecule has 92 valence electrons. The van der Waals surface area contributed by atoms with Crippen LogP contribution in [0.2, 0.25) is 0 Å². The van der Waals surface area contributed by atoms with Gasteiger partial charge in [-0.2, -0.15) is 0 Å². The van der Waals surface area contributed by atoms with Gasteiger partial charge in [0.25, 0.3) is 14.2 Å². The summed E-state index contributed by atoms with van der Waals surface area (Å²) >= 11 is 0. The maximum absolute atomic E-state index is 11.3. The summed E-state index contributed by atoms with van der Waals surface area (Å²) in [7, 11) is 2.93. The molecule has 0 saturated carbocycles. The molecular weight excluding hydrogens is 254 g/mol. The van der Waals surface area contributed by atoms with Crippen LogP contribution in [0.3, 0.4) is 0 Å². The summed E-state index contributed by atoms with van der Waals surface area (Å²) in [6.07, 6.45) is 0. The fourth-order valence-corrected chi connectivity index (χ4v) is 2.23. The first-order chi connectivity index (χ1) is 7.38. The van der Waals surface area contributed by atoms with Gasteiger partial charge >= 0.3 is 0 Å². The Morgan fingerprint density at radius 3 is 2.50 bits per heavy atom. The van der Waals surface area contributed by atoms with Crippen molar-refractivity contribution < 1.29 is 13.2 Å². The third-order valence-corrected chi connectivity index (χ3v) is 3.15. The average molecular weight is 268 g/mol. The summed E-state index contributed by atoms with van der Waals surface area (Å²) < 4.78 is 28.9. The Kier molecular flexibility index (Phi) is 4.28. The SMILES string of the molecule is COCCn1c(C(C)C)nnc1S(=O)(=O)Cl. The number of halogens is 1. The average Bonchev–Trinajstić information content (AvgIpc) is 2.57. The molecule has 0 N–H and O–H groups in total. The molecule has 8 heteroatoms. The Labute approximate surface area is 99.0 Å². The number of methoxy groups -OCH3 is 1. The zero-order chi connectivity index (χ0) is 12.3. The van der Waals surface area contributed by atoms with Crippen molar-refractivity contribution in [2.24, 2.45) is 0 Å². The van der Waals surface area contributed by atoms with E-state index in [1.807, 2.05) is 13.8 Å². The molecule has 0 atom stereocenters. The van der Waals surface area contributed by atoms with E-state index in [1.165, 1.54) is 11.7 Å². The van der Waals surface area contributed by atoms with E-state index in [1.54, 1.807) is 0 Å². The predicted octanol–water partition coefficient (Wildman–Crippen LogP) is 0.975. The van der Waals surface area contributed by atoms with Crippen molar-refractivity contribution in [3.05, 3.63) is 5.82 Å². The van der Waals surface area contributed by atoms with E-state index in [-0.39, 0.29) is 11.1 Å². The Bertz CT molecular complexity index is 455. The fraction of sp³-hybridized carbons (Fsp3) is 0.750. The Morgan fingerprint density at radius 2 is 2.06 bits per heavy atom. The van der Waals surface area contributed by atoms with Crippen LogP contribution in [0.15, 0.2) is 5.16 Å². The van der Waals surface area contributed by atoms with Crippen molar-refractivity contribution in [2.75, 3.05) is 13.7 Å². The van der Waals surface area contributed by atoms with Gasteiger partial charge in [-0.05, 0) is 0 Å². The lowest BCUT2D eigenvalue weighted by Crippen LogP contribution is -2.13. The molecule has 6 nitrogen and oxygen atoms in total. The molecule has 0 radical (unpaired) electrons. The van der Waals surface area contributed by atoms with E-state index < -0.39 is 9.05 Å². The van der Waals surface area contributed by atoms with Gasteiger partial charge in [-0.15, -0.1) is 10.2 Å². The summed E-state index contributed by atoms with van der Waals surface area (Å²) in [5, 5.41) is 7.20. The Hall–Kier alpha value is -0.660. The first kappa shape index (κ1) is 13.4. The molecule has 0 amide bonds. The summed E-state index contributed by atoms with van der Waals surface area (Å²) in [5.74, 6) is 0.646. The highest BCUT2D eigenvalue weighted by molar-refractivity contribution is 8.13. The van der Waals surface area contributed by atoms with Crippen LogP contribution in [-0.2, 0) is 20.3 Å². The minimum Gasteiger partial charge on any atom is -0.383 e. The highest BCUT2D eigenvalue weighted by atomic mass is 35.7. The van der Waals surface area contributed by atoms with Crippen LogP contribution >= 0.6 is 10.7 Å². The lowest BCUT2D eigenvalue weighted by atomic mass is 10.2. The topological polar surface area (TPSA) is 74.1 Å². The lowest BCUT2D eigenvalue weighted by molar-refractivity contribution is 0.183. The minimum atomic E-state index is -3.87. The van der Waals surface area contributed by atoms with Crippen molar-refractivity contribution in [1.29, 1.82) is 0 Å². The standard InChI is InChI=1S/C8H14ClN3O3S/c1-6(2)7-10-11-8(16(9,13)14)12(7)4-5-15-3/h6H,4-5H2,1-3H3. The first-order valence-corrected chi connectivity index (χ1v) is 7.05. The highest BCUT2D eigenvalue weighted by Crippen LogP contribution is 2.19. The van der Waals surface area contributed by atoms with Gasteiger partial charge in [-0.3, -0.25) is 4.57 Å². The van der Waals surface area contributed by atoms with Gasteiger partial charge in [-0.25, -0.2) is 8.42 Å². The van der Waals surface area contributed by atoms with Gasteiger partial charge in [0.15, 0.2) is 0 Å². The van der Waals surface area contributed by atoms with Gasteiger partial charge in [0, 0.05) is 30.3 Å². The molecule has 0 aliphatic heterocycles. The third-order valence-electron chi connectivity index (χ3n) is 2.00. The molecular formula is C8H14ClN3O3S. The van der Waals surface area contributed by atoms with Crippen molar-refractivity contribution in [2.45, 2.75) is 31.5 Å². The van der Waals surface area contributed by atoms with E-state index >= 15 is 0 Å². The lowest BCUT2D eigenvalue weighted by Gasteiger charge is -2.09. The number of rotatable bonds is 5. The smallest absolute Gasteiger partial charge is 0.296 e. The van der Waals surface area contributed by atoms with Crippen LogP contribution < -0.4 is 0 Å². The van der Waals surface area contributed by atoms with Gasteiger partial charge < -0.3 is 4.74 Å². The van der Waals surface area contributed by atoms with E-state index in [0.717, 1.165) is 0 Å². The van der Waals surface area contributed by atoms with Crippen LogP contribution in [0.25, 0.3) is 0 Å². The Morgan fingerprint density at radius 1 is 1.44 bits per heavy atom. The molecule has 0 aliphatic rings. The zero-order valence-electron chi connectivity index (χ0n) is 9.34. The van der Waals surface area contributed by atoms with Gasteiger partial charge in [0.1, 0.15) is 5.82 Å². The maximum Gasteiger partial charge on any atom is 0.296 e. The van der Waals surface area contributed by atoms with Crippen molar-refractivity contribution in [3.63, 3.8) is 0 Å². The molecule has 0 aliphatic carbocycles. The summed E-state index contributed by atoms with van der Waals surface area (Å²) in [6, 6.07) is 0. The normalized spacial score (nSPS) is 12.3. The molecule has 1 aromatic rings. The van der Waals surface area contributed by atoms with Gasteiger partial charge in [-0.1, -0.05) is 13.8 Å². The Balaban J connectivity index is 3.20. The summed E-state index contributed by atoms with van der Waals surface area (Å²) in [5.41, 5.74) is 0. The largest absolute Gasteiger partial charge is 0.383 e. The molecule has 16 heavy (non-hydrogen) atoms. The number of hydrogen-bond acceptors (Lipinski definition) is 5. The number of nitrogens with zero attached hydrogens (tertiary/aromatic N) is 3. The zero-order valence-corrected chi connectivity index (χ0v) is 10.9. The molecule has 0 bridgehead atoms. The minimum absolute atomic E-state index is 0.0662. The third kappa shape index (κ3) is 2.93.